The van der Waals surface area contributed by atoms with Crippen LogP contribution in [0.2, 0.25) is 0 Å². The van der Waals surface area contributed by atoms with Crippen molar-refractivity contribution >= 4 is 34.3 Å². The molecular formula is C18H19FN2O3S. The highest BCUT2D eigenvalue weighted by Crippen LogP contribution is 2.38. The van der Waals surface area contributed by atoms with Gasteiger partial charge in [-0.25, -0.2) is 9.18 Å². The predicted octanol–water partition coefficient (Wildman–Crippen LogP) is 3.12. The lowest BCUT2D eigenvalue weighted by Gasteiger charge is -2.21. The van der Waals surface area contributed by atoms with Gasteiger partial charge in [-0.3, -0.25) is 4.79 Å². The zero-order chi connectivity index (χ0) is 17.7. The maximum atomic E-state index is 14.7. The highest BCUT2D eigenvalue weighted by molar-refractivity contribution is 7.99. The Morgan fingerprint density at radius 1 is 1.32 bits per heavy atom. The van der Waals surface area contributed by atoms with Crippen LogP contribution in [0.3, 0.4) is 0 Å². The molecule has 1 atom stereocenters. The van der Waals surface area contributed by atoms with Gasteiger partial charge in [0, 0.05) is 36.0 Å². The molecule has 2 fully saturated rings. The lowest BCUT2D eigenvalue weighted by molar-refractivity contribution is 0.0695. The Morgan fingerprint density at radius 2 is 2.08 bits per heavy atom. The Kier molecular flexibility index (Phi) is 3.98. The van der Waals surface area contributed by atoms with Gasteiger partial charge in [-0.15, -0.1) is 0 Å². The molecule has 0 spiro atoms. The van der Waals surface area contributed by atoms with E-state index in [1.54, 1.807) is 17.8 Å². The molecule has 1 aliphatic heterocycles. The molecule has 4 rings (SSSR count). The molecule has 1 unspecified atom stereocenters. The van der Waals surface area contributed by atoms with Gasteiger partial charge in [0.15, 0.2) is 0 Å². The van der Waals surface area contributed by atoms with Gasteiger partial charge in [0.1, 0.15) is 11.4 Å². The predicted molar refractivity (Wildman–Crippen MR) is 97.5 cm³/mol. The fourth-order valence-electron chi connectivity index (χ4n) is 3.55. The van der Waals surface area contributed by atoms with Crippen LogP contribution in [0.4, 0.5) is 10.1 Å². The highest BCUT2D eigenvalue weighted by atomic mass is 32.2. The van der Waals surface area contributed by atoms with Gasteiger partial charge < -0.3 is 14.6 Å². The number of carboxylic acid groups (broad SMARTS) is 1. The number of halogens is 1. The van der Waals surface area contributed by atoms with Crippen molar-refractivity contribution in [3.63, 3.8) is 0 Å². The summed E-state index contributed by atoms with van der Waals surface area (Å²) in [6.07, 6.45) is 6.38. The number of fused-ring (bicyclic) bond motifs is 1. The maximum absolute atomic E-state index is 14.7. The first-order chi connectivity index (χ1) is 12.0. The molecule has 1 saturated carbocycles. The standard InChI is InChI=1S/C18H19FN2O3S/c1-25-11-4-5-20(8-11)16-7-15-12(6-14(16)19)17(22)13(18(23)24)9-21(15)10-2-3-10/h6-7,9-11H,2-5,8H2,1H3,(H,23,24). The number of carboxylic acids is 1. The van der Waals surface area contributed by atoms with Crippen LogP contribution in [0.1, 0.15) is 35.7 Å². The van der Waals surface area contributed by atoms with Crippen LogP contribution in [0.15, 0.2) is 23.1 Å². The Balaban J connectivity index is 1.90. The van der Waals surface area contributed by atoms with Crippen LogP contribution in [-0.2, 0) is 0 Å². The fourth-order valence-corrected chi connectivity index (χ4v) is 4.22. The summed E-state index contributed by atoms with van der Waals surface area (Å²) in [5.41, 5.74) is 0.214. The molecule has 1 aromatic carbocycles. The summed E-state index contributed by atoms with van der Waals surface area (Å²) in [6.45, 7) is 1.57. The summed E-state index contributed by atoms with van der Waals surface area (Å²) in [7, 11) is 0. The smallest absolute Gasteiger partial charge is 0.341 e. The van der Waals surface area contributed by atoms with Crippen LogP contribution in [0.5, 0.6) is 0 Å². The first kappa shape index (κ1) is 16.4. The third-order valence-electron chi connectivity index (χ3n) is 5.09. The molecule has 25 heavy (non-hydrogen) atoms. The van der Waals surface area contributed by atoms with Crippen LogP contribution >= 0.6 is 11.8 Å². The van der Waals surface area contributed by atoms with E-state index in [2.05, 4.69) is 6.26 Å². The molecule has 1 aliphatic carbocycles. The van der Waals surface area contributed by atoms with E-state index in [9.17, 15) is 19.1 Å². The molecule has 0 radical (unpaired) electrons. The van der Waals surface area contributed by atoms with E-state index in [4.69, 9.17) is 0 Å². The number of aromatic nitrogens is 1. The molecule has 0 bridgehead atoms. The van der Waals surface area contributed by atoms with Gasteiger partial charge in [-0.05, 0) is 37.7 Å². The minimum absolute atomic E-state index is 0.147. The van der Waals surface area contributed by atoms with Crippen molar-refractivity contribution in [1.29, 1.82) is 0 Å². The summed E-state index contributed by atoms with van der Waals surface area (Å²) >= 11 is 1.78. The van der Waals surface area contributed by atoms with Crippen molar-refractivity contribution in [3.8, 4) is 0 Å². The van der Waals surface area contributed by atoms with Crippen LogP contribution in [0, 0.1) is 5.82 Å². The molecule has 1 aromatic heterocycles. The summed E-state index contributed by atoms with van der Waals surface area (Å²) in [6, 6.07) is 3.13. The molecule has 1 N–H and O–H groups in total. The zero-order valence-corrected chi connectivity index (χ0v) is 14.7. The Bertz CT molecular complexity index is 923. The topological polar surface area (TPSA) is 62.5 Å². The lowest BCUT2D eigenvalue weighted by Crippen LogP contribution is -2.23. The maximum Gasteiger partial charge on any atom is 0.341 e. The van der Waals surface area contributed by atoms with E-state index in [0.717, 1.165) is 32.4 Å². The summed E-state index contributed by atoms with van der Waals surface area (Å²) < 4.78 is 16.6. The summed E-state index contributed by atoms with van der Waals surface area (Å²) in [5.74, 6) is -1.73. The van der Waals surface area contributed by atoms with Gasteiger partial charge in [0.25, 0.3) is 0 Å². The van der Waals surface area contributed by atoms with Crippen molar-refractivity contribution in [1.82, 2.24) is 4.57 Å². The number of carbonyl (C=O) groups is 1. The number of thioether (sulfide) groups is 1. The molecule has 5 nitrogen and oxygen atoms in total. The van der Waals surface area contributed by atoms with Crippen molar-refractivity contribution in [3.05, 3.63) is 39.9 Å². The minimum Gasteiger partial charge on any atom is -0.477 e. The van der Waals surface area contributed by atoms with E-state index in [-0.39, 0.29) is 17.0 Å². The number of pyridine rings is 1. The summed E-state index contributed by atoms with van der Waals surface area (Å²) in [4.78, 5) is 25.9. The number of hydrogen-bond acceptors (Lipinski definition) is 4. The second-order valence-corrected chi connectivity index (χ2v) is 7.87. The average molecular weight is 362 g/mol. The largest absolute Gasteiger partial charge is 0.477 e. The molecule has 1 saturated heterocycles. The monoisotopic (exact) mass is 362 g/mol. The third kappa shape index (κ3) is 2.80. The molecule has 132 valence electrons. The first-order valence-corrected chi connectivity index (χ1v) is 9.68. The number of nitrogens with zero attached hydrogens (tertiary/aromatic N) is 2. The van der Waals surface area contributed by atoms with E-state index in [1.165, 1.54) is 12.3 Å². The average Bonchev–Trinajstić information content (AvgIpc) is 3.31. The Morgan fingerprint density at radius 3 is 2.68 bits per heavy atom. The molecule has 0 amide bonds. The van der Waals surface area contributed by atoms with Crippen molar-refractivity contribution in [2.45, 2.75) is 30.6 Å². The van der Waals surface area contributed by atoms with E-state index >= 15 is 0 Å². The van der Waals surface area contributed by atoms with Crippen LogP contribution < -0.4 is 10.3 Å². The van der Waals surface area contributed by atoms with Crippen molar-refractivity contribution in [2.24, 2.45) is 0 Å². The number of rotatable bonds is 4. The molecule has 2 heterocycles. The molecule has 2 aromatic rings. The van der Waals surface area contributed by atoms with Crippen LogP contribution in [0.25, 0.3) is 10.9 Å². The SMILES string of the molecule is CSC1CCN(c2cc3c(cc2F)c(=O)c(C(=O)O)cn3C2CC2)C1. The zero-order valence-electron chi connectivity index (χ0n) is 13.9. The van der Waals surface area contributed by atoms with E-state index < -0.39 is 17.2 Å². The Labute approximate surface area is 148 Å². The number of hydrogen-bond donors (Lipinski definition) is 1. The minimum atomic E-state index is -1.27. The van der Waals surface area contributed by atoms with E-state index in [0.29, 0.717) is 16.5 Å². The fraction of sp³-hybridized carbons (Fsp3) is 0.444. The molecular weight excluding hydrogens is 343 g/mol. The van der Waals surface area contributed by atoms with Crippen molar-refractivity contribution < 1.29 is 14.3 Å². The third-order valence-corrected chi connectivity index (χ3v) is 6.14. The van der Waals surface area contributed by atoms with Gasteiger partial charge in [-0.1, -0.05) is 0 Å². The first-order valence-electron chi connectivity index (χ1n) is 8.39. The van der Waals surface area contributed by atoms with Gasteiger partial charge in [-0.2, -0.15) is 11.8 Å². The number of benzene rings is 1. The number of anilines is 1. The normalized spacial score (nSPS) is 20.4. The van der Waals surface area contributed by atoms with Gasteiger partial charge in [0.05, 0.1) is 11.2 Å². The summed E-state index contributed by atoms with van der Waals surface area (Å²) in [5, 5.41) is 9.92. The van der Waals surface area contributed by atoms with Gasteiger partial charge >= 0.3 is 5.97 Å². The highest BCUT2D eigenvalue weighted by Gasteiger charge is 2.29. The molecule has 7 heteroatoms. The second-order valence-electron chi connectivity index (χ2n) is 6.73. The second kappa shape index (κ2) is 6.05. The van der Waals surface area contributed by atoms with Crippen molar-refractivity contribution in [2.75, 3.05) is 24.2 Å². The quantitative estimate of drug-likeness (QED) is 0.905. The van der Waals surface area contributed by atoms with E-state index in [1.807, 2.05) is 9.47 Å². The molecule has 2 aliphatic rings. The number of aromatic carboxylic acids is 1. The van der Waals surface area contributed by atoms with Gasteiger partial charge in [0.2, 0.25) is 5.43 Å². The Hall–Kier alpha value is -2.02. The lowest BCUT2D eigenvalue weighted by atomic mass is 10.1. The van der Waals surface area contributed by atoms with Crippen LogP contribution in [-0.4, -0.2) is 40.2 Å².